The van der Waals surface area contributed by atoms with Gasteiger partial charge < -0.3 is 15.0 Å². The number of aliphatic carboxylic acids is 1. The van der Waals surface area contributed by atoms with E-state index in [9.17, 15) is 14.4 Å². The number of nitrogens with one attached hydrogen (secondary N) is 1. The van der Waals surface area contributed by atoms with Crippen molar-refractivity contribution in [1.29, 1.82) is 0 Å². The van der Waals surface area contributed by atoms with Crippen LogP contribution in [-0.4, -0.2) is 41.3 Å². The number of benzene rings is 1. The zero-order valence-corrected chi connectivity index (χ0v) is 22.1. The third-order valence-corrected chi connectivity index (χ3v) is 6.56. The van der Waals surface area contributed by atoms with Crippen molar-refractivity contribution in [2.45, 2.75) is 32.5 Å². The van der Waals surface area contributed by atoms with Gasteiger partial charge in [0.25, 0.3) is 11.5 Å². The molecule has 0 bridgehead atoms. The number of carbonyl (C=O) groups excluding carboxylic acids is 1. The number of pyridine rings is 3. The average Bonchev–Trinajstić information content (AvgIpc) is 3.29. The van der Waals surface area contributed by atoms with Crippen molar-refractivity contribution in [2.24, 2.45) is 0 Å². The van der Waals surface area contributed by atoms with Gasteiger partial charge in [0.15, 0.2) is 0 Å². The Kier molecular flexibility index (Phi) is 7.97. The lowest BCUT2D eigenvalue weighted by atomic mass is 10.1. The van der Waals surface area contributed by atoms with Crippen LogP contribution in [0.1, 0.15) is 39.3 Å². The second-order valence-electron chi connectivity index (χ2n) is 9.24. The molecule has 40 heavy (non-hydrogen) atoms. The third kappa shape index (κ3) is 6.41. The smallest absolute Gasteiger partial charge is 0.305 e. The first-order chi connectivity index (χ1) is 19.4. The molecule has 4 aromatic heterocycles. The van der Waals surface area contributed by atoms with E-state index in [4.69, 9.17) is 16.7 Å². The Labute approximate surface area is 233 Å². The number of aryl methyl sites for hydroxylation is 1. The summed E-state index contributed by atoms with van der Waals surface area (Å²) in [5.41, 5.74) is 4.20. The van der Waals surface area contributed by atoms with Gasteiger partial charge in [0, 0.05) is 47.7 Å². The highest BCUT2D eigenvalue weighted by Gasteiger charge is 2.14. The lowest BCUT2D eigenvalue weighted by Gasteiger charge is -2.08. The molecule has 4 heterocycles. The second kappa shape index (κ2) is 11.9. The molecule has 2 N–H and O–H groups in total. The van der Waals surface area contributed by atoms with Gasteiger partial charge in [0.1, 0.15) is 0 Å². The summed E-state index contributed by atoms with van der Waals surface area (Å²) in [5.74, 6) is -1.23. The highest BCUT2D eigenvalue weighted by Crippen LogP contribution is 2.23. The molecule has 0 spiro atoms. The summed E-state index contributed by atoms with van der Waals surface area (Å²) in [6.45, 7) is 0.723. The topological polar surface area (TPSA) is 132 Å². The first-order valence-electron chi connectivity index (χ1n) is 12.5. The van der Waals surface area contributed by atoms with Crippen LogP contribution in [0.15, 0.2) is 84.2 Å². The number of amides is 1. The van der Waals surface area contributed by atoms with Crippen molar-refractivity contribution in [3.05, 3.63) is 123 Å². The number of hydrogen-bond donors (Lipinski definition) is 2. The largest absolute Gasteiger partial charge is 0.481 e. The van der Waals surface area contributed by atoms with Gasteiger partial charge in [-0.25, -0.2) is 0 Å². The van der Waals surface area contributed by atoms with Crippen LogP contribution in [0, 0.1) is 0 Å². The summed E-state index contributed by atoms with van der Waals surface area (Å²) in [6, 6.07) is 15.9. The Morgan fingerprint density at radius 2 is 1.88 bits per heavy atom. The molecule has 5 aromatic rings. The zero-order chi connectivity index (χ0) is 28.1. The summed E-state index contributed by atoms with van der Waals surface area (Å²) in [7, 11) is 0. The first kappa shape index (κ1) is 26.8. The Morgan fingerprint density at radius 3 is 2.65 bits per heavy atom. The fraction of sp³-hybridized carbons (Fsp3) is 0.172. The molecule has 0 aliphatic heterocycles. The molecule has 11 heteroatoms. The van der Waals surface area contributed by atoms with Gasteiger partial charge in [-0.15, -0.1) is 0 Å². The molecule has 0 saturated carbocycles. The van der Waals surface area contributed by atoms with Crippen LogP contribution in [0.2, 0.25) is 5.02 Å². The molecular formula is C29H25ClN6O4. The highest BCUT2D eigenvalue weighted by molar-refractivity contribution is 6.31. The monoisotopic (exact) mass is 556 g/mol. The highest BCUT2D eigenvalue weighted by atomic mass is 35.5. The van der Waals surface area contributed by atoms with Crippen LogP contribution in [0.4, 0.5) is 0 Å². The summed E-state index contributed by atoms with van der Waals surface area (Å²) >= 11 is 6.18. The number of carboxylic acid groups (broad SMARTS) is 1. The number of carboxylic acids is 1. The standard InChI is InChI=1S/C29H25ClN6O4/c30-22-5-7-26-24(13-22)25(34-36(26)10-8-28(38)39)17-33-29(40)21-12-20(14-31-16-21)11-19-4-6-23(32-15-19)18-35-9-2-1-3-27(35)37/h1-7,9,12-16H,8,10-11,17-18H2,(H,33,40)(H,38,39). The molecule has 0 atom stereocenters. The number of nitrogens with zero attached hydrogens (tertiary/aromatic N) is 5. The van der Waals surface area contributed by atoms with E-state index in [2.05, 4.69) is 20.4 Å². The van der Waals surface area contributed by atoms with Gasteiger partial charge >= 0.3 is 5.97 Å². The molecule has 0 unspecified atom stereocenters. The van der Waals surface area contributed by atoms with Gasteiger partial charge in [0.05, 0.1) is 48.5 Å². The number of halogens is 1. The number of aromatic nitrogens is 5. The second-order valence-corrected chi connectivity index (χ2v) is 9.68. The number of rotatable bonds is 10. The predicted octanol–water partition coefficient (Wildman–Crippen LogP) is 3.69. The molecule has 0 radical (unpaired) electrons. The molecule has 0 aliphatic rings. The molecule has 10 nitrogen and oxygen atoms in total. The quantitative estimate of drug-likeness (QED) is 0.268. The van der Waals surface area contributed by atoms with E-state index in [1.165, 1.54) is 12.3 Å². The van der Waals surface area contributed by atoms with Crippen molar-refractivity contribution < 1.29 is 14.7 Å². The molecule has 0 aliphatic carbocycles. The predicted molar refractivity (Wildman–Crippen MR) is 149 cm³/mol. The fourth-order valence-electron chi connectivity index (χ4n) is 4.35. The van der Waals surface area contributed by atoms with Crippen LogP contribution in [-0.2, 0) is 30.8 Å². The number of carbonyl (C=O) groups is 2. The lowest BCUT2D eigenvalue weighted by Crippen LogP contribution is -2.23. The molecule has 1 amide bonds. The maximum atomic E-state index is 13.0. The van der Waals surface area contributed by atoms with Gasteiger partial charge in [-0.05, 0) is 47.5 Å². The minimum absolute atomic E-state index is 0.0744. The molecule has 0 fully saturated rings. The van der Waals surface area contributed by atoms with Crippen molar-refractivity contribution >= 4 is 34.4 Å². The number of fused-ring (bicyclic) bond motifs is 1. The normalized spacial score (nSPS) is 11.0. The van der Waals surface area contributed by atoms with Gasteiger partial charge in [0.2, 0.25) is 0 Å². The van der Waals surface area contributed by atoms with Crippen LogP contribution >= 0.6 is 11.6 Å². The summed E-state index contributed by atoms with van der Waals surface area (Å²) in [5, 5.41) is 17.7. The SMILES string of the molecule is O=C(O)CCn1nc(CNC(=O)c2cncc(Cc3ccc(Cn4ccccc4=O)nc3)c2)c2cc(Cl)ccc21. The fourth-order valence-corrected chi connectivity index (χ4v) is 4.52. The Bertz CT molecular complexity index is 1750. The van der Waals surface area contributed by atoms with Crippen molar-refractivity contribution in [2.75, 3.05) is 0 Å². The van der Waals surface area contributed by atoms with Gasteiger partial charge in [-0.2, -0.15) is 5.10 Å². The average molecular weight is 557 g/mol. The zero-order valence-electron chi connectivity index (χ0n) is 21.3. The van der Waals surface area contributed by atoms with Gasteiger partial charge in [-0.1, -0.05) is 23.7 Å². The molecule has 202 valence electrons. The van der Waals surface area contributed by atoms with E-state index in [0.717, 1.165) is 27.7 Å². The first-order valence-corrected chi connectivity index (χ1v) is 12.9. The Morgan fingerprint density at radius 1 is 1.00 bits per heavy atom. The Hall–Kier alpha value is -4.83. The van der Waals surface area contributed by atoms with Crippen molar-refractivity contribution in [3.8, 4) is 0 Å². The molecular weight excluding hydrogens is 532 g/mol. The minimum Gasteiger partial charge on any atom is -0.481 e. The summed E-state index contributed by atoms with van der Waals surface area (Å²) < 4.78 is 3.20. The van der Waals surface area contributed by atoms with E-state index < -0.39 is 5.97 Å². The van der Waals surface area contributed by atoms with E-state index >= 15 is 0 Å². The molecule has 1 aromatic carbocycles. The maximum absolute atomic E-state index is 13.0. The van der Waals surface area contributed by atoms with E-state index in [1.54, 1.807) is 64.2 Å². The van der Waals surface area contributed by atoms with E-state index in [-0.39, 0.29) is 31.0 Å². The summed E-state index contributed by atoms with van der Waals surface area (Å²) in [6.07, 6.45) is 7.14. The van der Waals surface area contributed by atoms with Crippen LogP contribution in [0.5, 0.6) is 0 Å². The van der Waals surface area contributed by atoms with E-state index in [1.807, 2.05) is 12.1 Å². The van der Waals surface area contributed by atoms with Crippen molar-refractivity contribution in [3.63, 3.8) is 0 Å². The van der Waals surface area contributed by atoms with Crippen molar-refractivity contribution in [1.82, 2.24) is 29.6 Å². The van der Waals surface area contributed by atoms with E-state index in [0.29, 0.717) is 29.2 Å². The lowest BCUT2D eigenvalue weighted by molar-refractivity contribution is -0.137. The van der Waals surface area contributed by atoms with Crippen LogP contribution in [0.25, 0.3) is 10.9 Å². The summed E-state index contributed by atoms with van der Waals surface area (Å²) in [4.78, 5) is 44.6. The molecule has 0 saturated heterocycles. The Balaban J connectivity index is 1.24. The van der Waals surface area contributed by atoms with Gasteiger partial charge in [-0.3, -0.25) is 29.0 Å². The molecule has 5 rings (SSSR count). The van der Waals surface area contributed by atoms with Crippen LogP contribution < -0.4 is 10.9 Å². The third-order valence-electron chi connectivity index (χ3n) is 6.33. The minimum atomic E-state index is -0.921. The number of hydrogen-bond acceptors (Lipinski definition) is 6. The van der Waals surface area contributed by atoms with Crippen LogP contribution in [0.3, 0.4) is 0 Å². The maximum Gasteiger partial charge on any atom is 0.305 e.